The molecule has 0 aromatic rings. The third-order valence-corrected chi connectivity index (χ3v) is 3.31. The summed E-state index contributed by atoms with van der Waals surface area (Å²) >= 11 is 0. The Morgan fingerprint density at radius 1 is 1.53 bits per heavy atom. The molecule has 3 nitrogen and oxygen atoms in total. The first-order chi connectivity index (χ1) is 6.94. The molecule has 0 bridgehead atoms. The summed E-state index contributed by atoms with van der Waals surface area (Å²) in [5.74, 6) is -0.0122. The molecule has 3 heteroatoms. The van der Waals surface area contributed by atoms with Crippen molar-refractivity contribution in [2.45, 2.75) is 59.0 Å². The minimum absolute atomic E-state index is 0.0122. The van der Waals surface area contributed by atoms with Crippen molar-refractivity contribution in [3.05, 3.63) is 0 Å². The highest BCUT2D eigenvalue weighted by Gasteiger charge is 2.40. The van der Waals surface area contributed by atoms with E-state index in [1.807, 2.05) is 4.90 Å². The molecule has 1 amide bonds. The Labute approximate surface area is 92.1 Å². The fourth-order valence-electron chi connectivity index (χ4n) is 2.21. The minimum Gasteiger partial charge on any atom is -0.336 e. The van der Waals surface area contributed by atoms with Gasteiger partial charge in [-0.05, 0) is 40.0 Å². The van der Waals surface area contributed by atoms with Crippen molar-refractivity contribution < 1.29 is 4.79 Å². The Bertz CT molecular complexity index is 290. The summed E-state index contributed by atoms with van der Waals surface area (Å²) in [6, 6.07) is 2.71. The van der Waals surface area contributed by atoms with Crippen LogP contribution in [-0.4, -0.2) is 22.9 Å². The van der Waals surface area contributed by atoms with E-state index in [0.29, 0.717) is 6.04 Å². The van der Waals surface area contributed by atoms with Gasteiger partial charge < -0.3 is 4.90 Å². The highest BCUT2D eigenvalue weighted by atomic mass is 16.2. The average Bonchev–Trinajstić information content (AvgIpc) is 2.58. The second-order valence-electron chi connectivity index (χ2n) is 4.94. The van der Waals surface area contributed by atoms with Gasteiger partial charge in [0.2, 0.25) is 5.91 Å². The molecule has 0 N–H and O–H groups in total. The maximum absolute atomic E-state index is 12.2. The van der Waals surface area contributed by atoms with Crippen LogP contribution in [0.1, 0.15) is 47.0 Å². The normalized spacial score (nSPS) is 26.5. The molecule has 0 aromatic heterocycles. The van der Waals surface area contributed by atoms with Gasteiger partial charge in [0, 0.05) is 12.1 Å². The Morgan fingerprint density at radius 3 is 2.60 bits per heavy atom. The Hall–Kier alpha value is -1.04. The smallest absolute Gasteiger partial charge is 0.242 e. The van der Waals surface area contributed by atoms with Crippen LogP contribution in [0.4, 0.5) is 0 Å². The SMILES string of the molecule is CCC1CCC(C)N1C(=O)C(C)(C)C#N. The molecule has 1 aliphatic heterocycles. The fourth-order valence-corrected chi connectivity index (χ4v) is 2.21. The first kappa shape index (κ1) is 12.0. The van der Waals surface area contributed by atoms with Crippen LogP contribution in [0.15, 0.2) is 0 Å². The first-order valence-corrected chi connectivity index (χ1v) is 5.68. The zero-order valence-corrected chi connectivity index (χ0v) is 10.1. The van der Waals surface area contributed by atoms with Gasteiger partial charge >= 0.3 is 0 Å². The van der Waals surface area contributed by atoms with Crippen molar-refractivity contribution >= 4 is 5.91 Å². The van der Waals surface area contributed by atoms with Gasteiger partial charge in [-0.15, -0.1) is 0 Å². The predicted octanol–water partition coefficient (Wildman–Crippen LogP) is 2.33. The number of nitrogens with zero attached hydrogens (tertiary/aromatic N) is 2. The largest absolute Gasteiger partial charge is 0.336 e. The maximum Gasteiger partial charge on any atom is 0.242 e. The zero-order valence-electron chi connectivity index (χ0n) is 10.1. The summed E-state index contributed by atoms with van der Waals surface area (Å²) in [4.78, 5) is 14.1. The number of amides is 1. The molecule has 0 aromatic carbocycles. The summed E-state index contributed by atoms with van der Waals surface area (Å²) < 4.78 is 0. The molecule has 15 heavy (non-hydrogen) atoms. The van der Waals surface area contributed by atoms with Gasteiger partial charge in [0.15, 0.2) is 0 Å². The van der Waals surface area contributed by atoms with Crippen LogP contribution >= 0.6 is 0 Å². The number of carbonyl (C=O) groups is 1. The molecule has 0 aliphatic carbocycles. The van der Waals surface area contributed by atoms with E-state index >= 15 is 0 Å². The van der Waals surface area contributed by atoms with Crippen molar-refractivity contribution in [1.29, 1.82) is 5.26 Å². The molecule has 1 aliphatic rings. The van der Waals surface area contributed by atoms with E-state index in [4.69, 9.17) is 5.26 Å². The van der Waals surface area contributed by atoms with E-state index in [-0.39, 0.29) is 11.9 Å². The average molecular weight is 208 g/mol. The van der Waals surface area contributed by atoms with Crippen LogP contribution in [0.2, 0.25) is 0 Å². The van der Waals surface area contributed by atoms with E-state index in [0.717, 1.165) is 19.3 Å². The van der Waals surface area contributed by atoms with Crippen molar-refractivity contribution in [1.82, 2.24) is 4.90 Å². The standard InChI is InChI=1S/C12H20N2O/c1-5-10-7-6-9(2)14(10)11(15)12(3,4)8-13/h9-10H,5-7H2,1-4H3. The van der Waals surface area contributed by atoms with Crippen LogP contribution in [0.5, 0.6) is 0 Å². The van der Waals surface area contributed by atoms with Gasteiger partial charge in [-0.1, -0.05) is 6.92 Å². The lowest BCUT2D eigenvalue weighted by molar-refractivity contribution is -0.140. The second kappa shape index (κ2) is 4.22. The summed E-state index contributed by atoms with van der Waals surface area (Å²) in [6.07, 6.45) is 3.12. The van der Waals surface area contributed by atoms with Gasteiger partial charge in [-0.25, -0.2) is 0 Å². The summed E-state index contributed by atoms with van der Waals surface area (Å²) in [5, 5.41) is 8.97. The summed E-state index contributed by atoms with van der Waals surface area (Å²) in [5.41, 5.74) is -0.883. The highest BCUT2D eigenvalue weighted by molar-refractivity contribution is 5.85. The number of hydrogen-bond acceptors (Lipinski definition) is 2. The summed E-state index contributed by atoms with van der Waals surface area (Å²) in [7, 11) is 0. The van der Waals surface area contributed by atoms with Crippen molar-refractivity contribution in [3.8, 4) is 6.07 Å². The monoisotopic (exact) mass is 208 g/mol. The van der Waals surface area contributed by atoms with Gasteiger partial charge in [-0.3, -0.25) is 4.79 Å². The molecule has 1 saturated heterocycles. The van der Waals surface area contributed by atoms with Gasteiger partial charge in [0.05, 0.1) is 6.07 Å². The van der Waals surface area contributed by atoms with Crippen LogP contribution in [0.3, 0.4) is 0 Å². The van der Waals surface area contributed by atoms with Crippen molar-refractivity contribution in [3.63, 3.8) is 0 Å². The predicted molar refractivity (Wildman–Crippen MR) is 59.0 cm³/mol. The van der Waals surface area contributed by atoms with Crippen LogP contribution in [0.25, 0.3) is 0 Å². The minimum atomic E-state index is -0.883. The van der Waals surface area contributed by atoms with Crippen LogP contribution in [0, 0.1) is 16.7 Å². The number of likely N-dealkylation sites (tertiary alicyclic amines) is 1. The number of rotatable bonds is 2. The lowest BCUT2D eigenvalue weighted by Gasteiger charge is -2.32. The van der Waals surface area contributed by atoms with Crippen LogP contribution < -0.4 is 0 Å². The van der Waals surface area contributed by atoms with E-state index < -0.39 is 5.41 Å². The molecule has 2 unspecified atom stereocenters. The molecular formula is C12H20N2O. The second-order valence-corrected chi connectivity index (χ2v) is 4.94. The van der Waals surface area contributed by atoms with Crippen molar-refractivity contribution in [2.24, 2.45) is 5.41 Å². The van der Waals surface area contributed by atoms with E-state index in [2.05, 4.69) is 19.9 Å². The Balaban J connectivity index is 2.87. The quantitative estimate of drug-likeness (QED) is 0.699. The molecule has 0 saturated carbocycles. The Kier molecular flexibility index (Phi) is 3.38. The van der Waals surface area contributed by atoms with E-state index in [1.54, 1.807) is 13.8 Å². The molecule has 2 atom stereocenters. The fraction of sp³-hybridized carbons (Fsp3) is 0.833. The zero-order chi connectivity index (χ0) is 11.6. The lowest BCUT2D eigenvalue weighted by atomic mass is 9.93. The van der Waals surface area contributed by atoms with E-state index in [1.165, 1.54) is 0 Å². The highest BCUT2D eigenvalue weighted by Crippen LogP contribution is 2.30. The molecule has 0 spiro atoms. The van der Waals surface area contributed by atoms with Gasteiger partial charge in [0.1, 0.15) is 5.41 Å². The summed E-state index contributed by atoms with van der Waals surface area (Å²) in [6.45, 7) is 7.57. The maximum atomic E-state index is 12.2. The number of hydrogen-bond donors (Lipinski definition) is 0. The van der Waals surface area contributed by atoms with Gasteiger partial charge in [-0.2, -0.15) is 5.26 Å². The molecule has 1 heterocycles. The Morgan fingerprint density at radius 2 is 2.13 bits per heavy atom. The van der Waals surface area contributed by atoms with Crippen molar-refractivity contribution in [2.75, 3.05) is 0 Å². The lowest BCUT2D eigenvalue weighted by Crippen LogP contribution is -2.46. The molecule has 1 fully saturated rings. The first-order valence-electron chi connectivity index (χ1n) is 5.68. The number of nitriles is 1. The van der Waals surface area contributed by atoms with E-state index in [9.17, 15) is 4.79 Å². The van der Waals surface area contributed by atoms with Crippen LogP contribution in [-0.2, 0) is 4.79 Å². The third-order valence-electron chi connectivity index (χ3n) is 3.31. The number of carbonyl (C=O) groups excluding carboxylic acids is 1. The topological polar surface area (TPSA) is 44.1 Å². The molecule has 1 rings (SSSR count). The third kappa shape index (κ3) is 2.14. The molecule has 84 valence electrons. The van der Waals surface area contributed by atoms with Gasteiger partial charge in [0.25, 0.3) is 0 Å². The molecule has 0 radical (unpaired) electrons. The molecular weight excluding hydrogens is 188 g/mol.